The molecule has 20 heavy (non-hydrogen) atoms. The molecule has 1 saturated carbocycles. The number of carbonyl (C=O) groups is 1. The molecule has 1 saturated heterocycles. The zero-order chi connectivity index (χ0) is 14.8. The van der Waals surface area contributed by atoms with Crippen LogP contribution in [-0.4, -0.2) is 42.8 Å². The lowest BCUT2D eigenvalue weighted by molar-refractivity contribution is -0.138. The van der Waals surface area contributed by atoms with Crippen LogP contribution in [0.25, 0.3) is 0 Å². The van der Waals surface area contributed by atoms with E-state index in [4.69, 9.17) is 0 Å². The molecule has 0 unspecified atom stereocenters. The van der Waals surface area contributed by atoms with Gasteiger partial charge in [-0.1, -0.05) is 39.5 Å². The Morgan fingerprint density at radius 3 is 2.70 bits per heavy atom. The van der Waals surface area contributed by atoms with E-state index in [1.165, 1.54) is 0 Å². The number of unbranched alkanes of at least 4 members (excludes halogenated alkanes) is 1. The van der Waals surface area contributed by atoms with Gasteiger partial charge >= 0.3 is 0 Å². The molecule has 2 rings (SSSR count). The van der Waals surface area contributed by atoms with Crippen LogP contribution in [0.2, 0.25) is 0 Å². The first kappa shape index (κ1) is 15.8. The standard InChI is InChI=1S/C15H27NO3S/c1-3-4-7-12(2)15(17)16-10-11-20(18,19)14-9-6-5-8-13(14)16/h12-14H,3-11H2,1-2H3/t12-,13+,14+/m0/s1. The molecule has 2 fully saturated rings. The van der Waals surface area contributed by atoms with Crippen LogP contribution in [0.5, 0.6) is 0 Å². The summed E-state index contributed by atoms with van der Waals surface area (Å²) in [7, 11) is -2.99. The molecule has 0 aromatic rings. The minimum absolute atomic E-state index is 0.0262. The first-order valence-corrected chi connectivity index (χ1v) is 9.71. The van der Waals surface area contributed by atoms with Gasteiger partial charge in [0, 0.05) is 18.5 Å². The van der Waals surface area contributed by atoms with Crippen LogP contribution in [0.1, 0.15) is 58.8 Å². The molecule has 1 amide bonds. The maximum Gasteiger partial charge on any atom is 0.225 e. The van der Waals surface area contributed by atoms with Gasteiger partial charge < -0.3 is 4.90 Å². The Labute approximate surface area is 122 Å². The maximum atomic E-state index is 12.6. The van der Waals surface area contributed by atoms with Crippen LogP contribution in [0, 0.1) is 5.92 Å². The highest BCUT2D eigenvalue weighted by atomic mass is 32.2. The van der Waals surface area contributed by atoms with E-state index in [-0.39, 0.29) is 28.9 Å². The van der Waals surface area contributed by atoms with E-state index >= 15 is 0 Å². The van der Waals surface area contributed by atoms with Crippen LogP contribution >= 0.6 is 0 Å². The van der Waals surface area contributed by atoms with Crippen LogP contribution in [-0.2, 0) is 14.6 Å². The lowest BCUT2D eigenvalue weighted by atomic mass is 9.92. The molecule has 116 valence electrons. The molecule has 1 aliphatic heterocycles. The maximum absolute atomic E-state index is 12.6. The molecular weight excluding hydrogens is 274 g/mol. The fraction of sp³-hybridized carbons (Fsp3) is 0.933. The zero-order valence-electron chi connectivity index (χ0n) is 12.7. The highest BCUT2D eigenvalue weighted by Gasteiger charge is 2.44. The van der Waals surface area contributed by atoms with Crippen LogP contribution < -0.4 is 0 Å². The topological polar surface area (TPSA) is 54.5 Å². The van der Waals surface area contributed by atoms with Gasteiger partial charge in [-0.15, -0.1) is 0 Å². The summed E-state index contributed by atoms with van der Waals surface area (Å²) in [6.07, 6.45) is 6.69. The van der Waals surface area contributed by atoms with Crippen molar-refractivity contribution in [3.8, 4) is 0 Å². The van der Waals surface area contributed by atoms with Crippen molar-refractivity contribution < 1.29 is 13.2 Å². The molecule has 2 aliphatic rings. The summed E-state index contributed by atoms with van der Waals surface area (Å²) in [5, 5.41) is -0.299. The van der Waals surface area contributed by atoms with Crippen LogP contribution in [0.4, 0.5) is 0 Å². The minimum Gasteiger partial charge on any atom is -0.337 e. The van der Waals surface area contributed by atoms with Gasteiger partial charge in [0.2, 0.25) is 5.91 Å². The Kier molecular flexibility index (Phi) is 5.10. The number of hydrogen-bond donors (Lipinski definition) is 0. The van der Waals surface area contributed by atoms with E-state index in [0.29, 0.717) is 6.54 Å². The summed E-state index contributed by atoms with van der Waals surface area (Å²) in [5.74, 6) is 0.351. The molecule has 0 aromatic heterocycles. The zero-order valence-corrected chi connectivity index (χ0v) is 13.5. The van der Waals surface area contributed by atoms with Crippen molar-refractivity contribution in [2.75, 3.05) is 12.3 Å². The summed E-state index contributed by atoms with van der Waals surface area (Å²) in [6.45, 7) is 4.51. The van der Waals surface area contributed by atoms with Gasteiger partial charge in [0.25, 0.3) is 0 Å². The van der Waals surface area contributed by atoms with E-state index in [1.54, 1.807) is 0 Å². The monoisotopic (exact) mass is 301 g/mol. The van der Waals surface area contributed by atoms with Crippen LogP contribution in [0.3, 0.4) is 0 Å². The smallest absolute Gasteiger partial charge is 0.225 e. The third-order valence-corrected chi connectivity index (χ3v) is 7.07. The van der Waals surface area contributed by atoms with Crippen molar-refractivity contribution >= 4 is 15.7 Å². The second kappa shape index (κ2) is 6.46. The van der Waals surface area contributed by atoms with Gasteiger partial charge in [0.15, 0.2) is 9.84 Å². The van der Waals surface area contributed by atoms with Gasteiger partial charge in [-0.05, 0) is 19.3 Å². The van der Waals surface area contributed by atoms with Crippen molar-refractivity contribution in [3.63, 3.8) is 0 Å². The predicted molar refractivity (Wildman–Crippen MR) is 80.2 cm³/mol. The molecule has 0 aromatic carbocycles. The van der Waals surface area contributed by atoms with E-state index in [9.17, 15) is 13.2 Å². The molecule has 1 aliphatic carbocycles. The average Bonchev–Trinajstić information content (AvgIpc) is 2.44. The van der Waals surface area contributed by atoms with Crippen molar-refractivity contribution in [3.05, 3.63) is 0 Å². The number of hydrogen-bond acceptors (Lipinski definition) is 3. The van der Waals surface area contributed by atoms with Crippen LogP contribution in [0.15, 0.2) is 0 Å². The second-order valence-electron chi connectivity index (χ2n) is 6.33. The highest BCUT2D eigenvalue weighted by molar-refractivity contribution is 7.92. The SMILES string of the molecule is CCCC[C@H](C)C(=O)N1CCS(=O)(=O)[C@@H]2CCCC[C@H]21. The van der Waals surface area contributed by atoms with Gasteiger partial charge in [-0.25, -0.2) is 8.42 Å². The fourth-order valence-corrected chi connectivity index (χ4v) is 5.63. The van der Waals surface area contributed by atoms with Gasteiger partial charge in [0.1, 0.15) is 0 Å². The summed E-state index contributed by atoms with van der Waals surface area (Å²) in [5.41, 5.74) is 0. The van der Waals surface area contributed by atoms with E-state index in [1.807, 2.05) is 11.8 Å². The Bertz CT molecular complexity index is 446. The van der Waals surface area contributed by atoms with Gasteiger partial charge in [-0.3, -0.25) is 4.79 Å². The summed E-state index contributed by atoms with van der Waals surface area (Å²) < 4.78 is 24.4. The summed E-state index contributed by atoms with van der Waals surface area (Å²) >= 11 is 0. The van der Waals surface area contributed by atoms with Crippen molar-refractivity contribution in [1.82, 2.24) is 4.90 Å². The molecule has 5 heteroatoms. The molecule has 1 heterocycles. The molecule has 0 radical (unpaired) electrons. The van der Waals surface area contributed by atoms with Crippen molar-refractivity contribution in [1.29, 1.82) is 0 Å². The third kappa shape index (κ3) is 3.18. The second-order valence-corrected chi connectivity index (χ2v) is 8.67. The normalized spacial score (nSPS) is 30.6. The number of sulfone groups is 1. The number of nitrogens with zero attached hydrogens (tertiary/aromatic N) is 1. The van der Waals surface area contributed by atoms with Gasteiger partial charge in [0.05, 0.1) is 11.0 Å². The fourth-order valence-electron chi connectivity index (χ4n) is 3.59. The Morgan fingerprint density at radius 1 is 1.30 bits per heavy atom. The van der Waals surface area contributed by atoms with E-state index in [2.05, 4.69) is 6.92 Å². The summed E-state index contributed by atoms with van der Waals surface area (Å²) in [4.78, 5) is 14.5. The number of rotatable bonds is 4. The lowest BCUT2D eigenvalue weighted by Gasteiger charge is -2.44. The van der Waals surface area contributed by atoms with Crippen molar-refractivity contribution in [2.24, 2.45) is 5.92 Å². The number of carbonyl (C=O) groups excluding carboxylic acids is 1. The third-order valence-electron chi connectivity index (χ3n) is 4.84. The molecule has 4 nitrogen and oxygen atoms in total. The van der Waals surface area contributed by atoms with E-state index < -0.39 is 9.84 Å². The average molecular weight is 301 g/mol. The molecular formula is C15H27NO3S. The minimum atomic E-state index is -2.99. The lowest BCUT2D eigenvalue weighted by Crippen LogP contribution is -2.58. The van der Waals surface area contributed by atoms with Crippen molar-refractivity contribution in [2.45, 2.75) is 70.1 Å². The Balaban J connectivity index is 2.10. The number of fused-ring (bicyclic) bond motifs is 1. The molecule has 0 spiro atoms. The Morgan fingerprint density at radius 2 is 2.00 bits per heavy atom. The Hall–Kier alpha value is -0.580. The van der Waals surface area contributed by atoms with E-state index in [0.717, 1.165) is 44.9 Å². The molecule has 3 atom stereocenters. The predicted octanol–water partition coefficient (Wildman–Crippen LogP) is 2.38. The first-order valence-electron chi connectivity index (χ1n) is 7.99. The largest absolute Gasteiger partial charge is 0.337 e. The highest BCUT2D eigenvalue weighted by Crippen LogP contribution is 2.33. The van der Waals surface area contributed by atoms with Gasteiger partial charge in [-0.2, -0.15) is 0 Å². The molecule has 0 bridgehead atoms. The quantitative estimate of drug-likeness (QED) is 0.801. The first-order chi connectivity index (χ1) is 9.47. The number of amides is 1. The summed E-state index contributed by atoms with van der Waals surface area (Å²) in [6, 6.07) is -0.0564. The molecule has 0 N–H and O–H groups in total.